The zero-order valence-electron chi connectivity index (χ0n) is 31.6. The van der Waals surface area contributed by atoms with E-state index in [0.29, 0.717) is 25.7 Å². The van der Waals surface area contributed by atoms with E-state index in [1.54, 1.807) is 7.11 Å². The first-order valence-corrected chi connectivity index (χ1v) is 23.6. The average molecular weight is 679 g/mol. The van der Waals surface area contributed by atoms with Crippen LogP contribution in [0.2, 0.25) is 36.3 Å². The van der Waals surface area contributed by atoms with Crippen LogP contribution in [0.5, 0.6) is 0 Å². The molecule has 9 heteroatoms. The van der Waals surface area contributed by atoms with E-state index in [1.165, 1.54) is 5.57 Å². The summed E-state index contributed by atoms with van der Waals surface area (Å²) in [6.07, 6.45) is 10.4. The summed E-state index contributed by atoms with van der Waals surface area (Å²) in [6.45, 7) is 28.7. The molecule has 0 saturated carbocycles. The van der Waals surface area contributed by atoms with Gasteiger partial charge in [-0.1, -0.05) is 80.5 Å². The molecule has 1 saturated heterocycles. The smallest absolute Gasteiger partial charge is 0.338 e. The highest BCUT2D eigenvalue weighted by molar-refractivity contribution is 6.74. The molecule has 3 aliphatic rings. The van der Waals surface area contributed by atoms with Gasteiger partial charge < -0.3 is 23.1 Å². The Morgan fingerprint density at radius 3 is 2.07 bits per heavy atom. The number of ether oxygens (including phenoxy) is 3. The molecule has 0 amide bonds. The van der Waals surface area contributed by atoms with Gasteiger partial charge in [-0.05, 0) is 79.4 Å². The first-order chi connectivity index (χ1) is 21.1. The van der Waals surface area contributed by atoms with Crippen LogP contribution in [0.15, 0.2) is 23.8 Å². The molecule has 7 nitrogen and oxygen atoms in total. The van der Waals surface area contributed by atoms with E-state index < -0.39 is 22.2 Å². The fourth-order valence-electron chi connectivity index (χ4n) is 6.85. The lowest BCUT2D eigenvalue weighted by Gasteiger charge is -2.46. The molecule has 2 aliphatic carbocycles. The molecular weight excluding hydrogens is 613 g/mol. The third kappa shape index (κ3) is 8.84. The second-order valence-corrected chi connectivity index (χ2v) is 26.7. The second-order valence-electron chi connectivity index (χ2n) is 17.2. The summed E-state index contributed by atoms with van der Waals surface area (Å²) in [5, 5.41) is 0.138. The first-order valence-electron chi connectivity index (χ1n) is 17.8. The zero-order valence-corrected chi connectivity index (χ0v) is 33.6. The maximum absolute atomic E-state index is 13.8. The van der Waals surface area contributed by atoms with E-state index >= 15 is 0 Å². The predicted molar refractivity (Wildman–Crippen MR) is 191 cm³/mol. The molecule has 264 valence electrons. The number of methoxy groups -OCH3 is 1. The largest absolute Gasteiger partial charge is 0.462 e. The maximum atomic E-state index is 13.8. The van der Waals surface area contributed by atoms with Crippen molar-refractivity contribution in [1.29, 1.82) is 0 Å². The molecular formula is C37H66O7Si2. The third-order valence-corrected chi connectivity index (χ3v) is 21.1. The molecule has 7 atom stereocenters. The molecule has 5 unspecified atom stereocenters. The summed E-state index contributed by atoms with van der Waals surface area (Å²) in [5.41, 5.74) is 0.227. The monoisotopic (exact) mass is 678 g/mol. The number of carbonyl (C=O) groups excluding carboxylic acids is 2. The average Bonchev–Trinajstić information content (AvgIpc) is 2.92. The maximum Gasteiger partial charge on any atom is 0.338 e. The van der Waals surface area contributed by atoms with E-state index in [1.807, 2.05) is 13.8 Å². The number of allylic oxidation sites excluding steroid dienone is 2. The molecule has 0 aromatic heterocycles. The van der Waals surface area contributed by atoms with Gasteiger partial charge in [0.25, 0.3) is 0 Å². The number of carbonyl (C=O) groups is 2. The topological polar surface area (TPSA) is 80.3 Å². The molecule has 0 N–H and O–H groups in total. The lowest BCUT2D eigenvalue weighted by molar-refractivity contribution is -0.181. The third-order valence-electron chi connectivity index (χ3n) is 12.1. The van der Waals surface area contributed by atoms with Gasteiger partial charge in [-0.2, -0.15) is 0 Å². The van der Waals surface area contributed by atoms with Crippen molar-refractivity contribution in [2.24, 2.45) is 17.8 Å². The standard InChI is InChI=1S/C37H66O7Si2/c1-15-37(16-2,40-10)34(39)42-31-23-28(43-45(11,12)35(4,5)6)21-26-18-17-25(3)30(33(26)31)20-19-27-22-29(24-32(38)41-27)44-46(13,14)36(7,8)9/h17-18,21,25,27-31,33H,15-16,19-20,22-24H2,1-14H3/t25?,27-,28?,29-,30?,31?,33?/m1/s1. The van der Waals surface area contributed by atoms with Crippen molar-refractivity contribution in [3.8, 4) is 0 Å². The fourth-order valence-corrected chi connectivity index (χ4v) is 9.49. The van der Waals surface area contributed by atoms with Crippen molar-refractivity contribution in [3.05, 3.63) is 23.8 Å². The van der Waals surface area contributed by atoms with Crippen LogP contribution in [0.4, 0.5) is 0 Å². The van der Waals surface area contributed by atoms with Gasteiger partial charge in [0.2, 0.25) is 0 Å². The van der Waals surface area contributed by atoms with Crippen LogP contribution < -0.4 is 0 Å². The van der Waals surface area contributed by atoms with Gasteiger partial charge >= 0.3 is 11.9 Å². The van der Waals surface area contributed by atoms with Crippen LogP contribution in [0, 0.1) is 17.8 Å². The number of hydrogen-bond donors (Lipinski definition) is 0. The highest BCUT2D eigenvalue weighted by atomic mass is 28.4. The van der Waals surface area contributed by atoms with Gasteiger partial charge in [0, 0.05) is 25.9 Å². The molecule has 3 rings (SSSR count). The minimum atomic E-state index is -2.08. The summed E-state index contributed by atoms with van der Waals surface area (Å²) < 4.78 is 31.8. The van der Waals surface area contributed by atoms with Crippen molar-refractivity contribution in [2.45, 2.75) is 174 Å². The Hall–Kier alpha value is -1.27. The summed E-state index contributed by atoms with van der Waals surface area (Å²) in [7, 11) is -2.49. The van der Waals surface area contributed by atoms with Gasteiger partial charge in [0.15, 0.2) is 22.2 Å². The first kappa shape index (κ1) is 39.2. The summed E-state index contributed by atoms with van der Waals surface area (Å²) in [6, 6.07) is 0. The second kappa shape index (κ2) is 14.7. The Bertz CT molecular complexity index is 1120. The number of fused-ring (bicyclic) bond motifs is 1. The van der Waals surface area contributed by atoms with E-state index in [9.17, 15) is 9.59 Å². The van der Waals surface area contributed by atoms with E-state index in [4.69, 9.17) is 23.1 Å². The molecule has 1 aliphatic heterocycles. The van der Waals surface area contributed by atoms with Crippen LogP contribution in [0.3, 0.4) is 0 Å². The van der Waals surface area contributed by atoms with Crippen molar-refractivity contribution < 1.29 is 32.7 Å². The molecule has 0 bridgehead atoms. The normalized spacial score (nSPS) is 29.6. The molecule has 0 aromatic carbocycles. The number of rotatable bonds is 12. The molecule has 1 fully saturated rings. The van der Waals surface area contributed by atoms with E-state index in [2.05, 4.69) is 92.9 Å². The van der Waals surface area contributed by atoms with Crippen LogP contribution in [-0.2, 0) is 32.7 Å². The molecule has 0 spiro atoms. The Morgan fingerprint density at radius 2 is 1.52 bits per heavy atom. The summed E-state index contributed by atoms with van der Waals surface area (Å²) >= 11 is 0. The molecule has 0 radical (unpaired) electrons. The van der Waals surface area contributed by atoms with Crippen molar-refractivity contribution in [3.63, 3.8) is 0 Å². The SMILES string of the molecule is CCC(CC)(OC)C(=O)OC1CC(O[Si](C)(C)C(C)(C)C)C=C2C=CC(C)C(CC[C@@H]3C[C@@H](O[Si](C)(C)C(C)(C)C)CC(=O)O3)C21. The van der Waals surface area contributed by atoms with Crippen LogP contribution >= 0.6 is 0 Å². The summed E-state index contributed by atoms with van der Waals surface area (Å²) in [4.78, 5) is 26.6. The lowest BCUT2D eigenvalue weighted by atomic mass is 9.66. The number of esters is 2. The molecule has 46 heavy (non-hydrogen) atoms. The fraction of sp³-hybridized carbons (Fsp3) is 0.838. The van der Waals surface area contributed by atoms with Gasteiger partial charge in [-0.15, -0.1) is 0 Å². The molecule has 1 heterocycles. The highest BCUT2D eigenvalue weighted by Gasteiger charge is 2.48. The Labute approximate surface area is 282 Å². The predicted octanol–water partition coefficient (Wildman–Crippen LogP) is 9.14. The number of cyclic esters (lactones) is 1. The van der Waals surface area contributed by atoms with E-state index in [0.717, 1.165) is 19.3 Å². The lowest BCUT2D eigenvalue weighted by Crippen LogP contribution is -2.50. The quantitative estimate of drug-likeness (QED) is 0.150. The van der Waals surface area contributed by atoms with Gasteiger partial charge in [0.05, 0.1) is 18.6 Å². The zero-order chi connectivity index (χ0) is 34.9. The Balaban J connectivity index is 1.88. The minimum absolute atomic E-state index is 0.0325. The summed E-state index contributed by atoms with van der Waals surface area (Å²) in [5.74, 6) is 0.0881. The Kier molecular flexibility index (Phi) is 12.5. The van der Waals surface area contributed by atoms with Crippen molar-refractivity contribution in [2.75, 3.05) is 7.11 Å². The minimum Gasteiger partial charge on any atom is -0.462 e. The molecule has 0 aromatic rings. The van der Waals surface area contributed by atoms with Crippen LogP contribution in [0.1, 0.15) is 107 Å². The van der Waals surface area contributed by atoms with Crippen molar-refractivity contribution >= 4 is 28.6 Å². The van der Waals surface area contributed by atoms with Crippen LogP contribution in [-0.4, -0.2) is 65.7 Å². The van der Waals surface area contributed by atoms with Gasteiger partial charge in [-0.3, -0.25) is 4.79 Å². The van der Waals surface area contributed by atoms with E-state index in [-0.39, 0.29) is 64.2 Å². The number of hydrogen-bond acceptors (Lipinski definition) is 7. The highest BCUT2D eigenvalue weighted by Crippen LogP contribution is 2.47. The van der Waals surface area contributed by atoms with Crippen molar-refractivity contribution in [1.82, 2.24) is 0 Å². The van der Waals surface area contributed by atoms with Gasteiger partial charge in [0.1, 0.15) is 12.2 Å². The van der Waals surface area contributed by atoms with Crippen LogP contribution in [0.25, 0.3) is 0 Å². The Morgan fingerprint density at radius 1 is 0.935 bits per heavy atom. The van der Waals surface area contributed by atoms with Gasteiger partial charge in [-0.25, -0.2) is 4.79 Å².